The van der Waals surface area contributed by atoms with Crippen molar-refractivity contribution >= 4 is 5.69 Å². The molecule has 0 radical (unpaired) electrons. The Bertz CT molecular complexity index is 350. The second-order valence-corrected chi connectivity index (χ2v) is 3.14. The molecule has 1 aromatic carbocycles. The lowest BCUT2D eigenvalue weighted by molar-refractivity contribution is -0.385. The van der Waals surface area contributed by atoms with Crippen molar-refractivity contribution in [2.45, 2.75) is 13.0 Å². The number of rotatable bonds is 6. The lowest BCUT2D eigenvalue weighted by Crippen LogP contribution is -2.14. The standard InChI is InChI=1S/C11H14N2O2/c1-2-3-8-12-9-10-6-4-5-7-11(10)13(14)15/h2,4-7,12H,1,3,8-9H2. The van der Waals surface area contributed by atoms with E-state index in [0.717, 1.165) is 13.0 Å². The van der Waals surface area contributed by atoms with Crippen LogP contribution in [0.2, 0.25) is 0 Å². The molecule has 15 heavy (non-hydrogen) atoms. The first-order valence-corrected chi connectivity index (χ1v) is 4.79. The zero-order valence-corrected chi connectivity index (χ0v) is 8.48. The highest BCUT2D eigenvalue weighted by molar-refractivity contribution is 5.39. The van der Waals surface area contributed by atoms with Crippen molar-refractivity contribution in [2.75, 3.05) is 6.54 Å². The summed E-state index contributed by atoms with van der Waals surface area (Å²) < 4.78 is 0. The molecule has 1 aromatic rings. The molecule has 0 aliphatic rings. The van der Waals surface area contributed by atoms with E-state index in [2.05, 4.69) is 11.9 Å². The van der Waals surface area contributed by atoms with Crippen molar-refractivity contribution in [1.29, 1.82) is 0 Å². The first kappa shape index (κ1) is 11.4. The van der Waals surface area contributed by atoms with Gasteiger partial charge in [0.05, 0.1) is 4.92 Å². The summed E-state index contributed by atoms with van der Waals surface area (Å²) in [6.45, 7) is 4.91. The zero-order chi connectivity index (χ0) is 11.1. The molecule has 0 aliphatic heterocycles. The number of nitro groups is 1. The van der Waals surface area contributed by atoms with E-state index >= 15 is 0 Å². The molecule has 0 fully saturated rings. The van der Waals surface area contributed by atoms with Crippen LogP contribution in [-0.4, -0.2) is 11.5 Å². The van der Waals surface area contributed by atoms with E-state index in [1.165, 1.54) is 6.07 Å². The molecule has 0 spiro atoms. The fraction of sp³-hybridized carbons (Fsp3) is 0.273. The average molecular weight is 206 g/mol. The van der Waals surface area contributed by atoms with Crippen LogP contribution in [-0.2, 0) is 6.54 Å². The van der Waals surface area contributed by atoms with Crippen LogP contribution in [0.25, 0.3) is 0 Å². The van der Waals surface area contributed by atoms with Gasteiger partial charge in [0.1, 0.15) is 0 Å². The minimum atomic E-state index is -0.357. The predicted molar refractivity (Wildman–Crippen MR) is 59.6 cm³/mol. The molecule has 1 rings (SSSR count). The van der Waals surface area contributed by atoms with Gasteiger partial charge in [-0.25, -0.2) is 0 Å². The molecular formula is C11H14N2O2. The highest BCUT2D eigenvalue weighted by atomic mass is 16.6. The number of nitrogens with zero attached hydrogens (tertiary/aromatic N) is 1. The van der Waals surface area contributed by atoms with Crippen molar-refractivity contribution in [3.8, 4) is 0 Å². The van der Waals surface area contributed by atoms with Crippen LogP contribution < -0.4 is 5.32 Å². The van der Waals surface area contributed by atoms with Crippen molar-refractivity contribution in [2.24, 2.45) is 0 Å². The van der Waals surface area contributed by atoms with E-state index < -0.39 is 0 Å². The summed E-state index contributed by atoms with van der Waals surface area (Å²) in [7, 11) is 0. The SMILES string of the molecule is C=CCCNCc1ccccc1[N+](=O)[O-]. The first-order chi connectivity index (χ1) is 7.25. The van der Waals surface area contributed by atoms with E-state index in [1.807, 2.05) is 6.08 Å². The lowest BCUT2D eigenvalue weighted by atomic mass is 10.2. The number of para-hydroxylation sites is 1. The van der Waals surface area contributed by atoms with E-state index in [-0.39, 0.29) is 10.6 Å². The van der Waals surface area contributed by atoms with Gasteiger partial charge in [-0.15, -0.1) is 6.58 Å². The molecule has 0 atom stereocenters. The van der Waals surface area contributed by atoms with Gasteiger partial charge in [-0.3, -0.25) is 10.1 Å². The van der Waals surface area contributed by atoms with Gasteiger partial charge in [0.15, 0.2) is 0 Å². The van der Waals surface area contributed by atoms with Gasteiger partial charge in [-0.05, 0) is 13.0 Å². The summed E-state index contributed by atoms with van der Waals surface area (Å²) in [6, 6.07) is 6.76. The Kier molecular flexibility index (Phi) is 4.50. The van der Waals surface area contributed by atoms with Crippen LogP contribution >= 0.6 is 0 Å². The molecular weight excluding hydrogens is 192 g/mol. The second-order valence-electron chi connectivity index (χ2n) is 3.14. The van der Waals surface area contributed by atoms with Crippen LogP contribution in [0.3, 0.4) is 0 Å². The zero-order valence-electron chi connectivity index (χ0n) is 8.48. The van der Waals surface area contributed by atoms with Gasteiger partial charge >= 0.3 is 0 Å². The van der Waals surface area contributed by atoms with Crippen LogP contribution in [0.15, 0.2) is 36.9 Å². The lowest BCUT2D eigenvalue weighted by Gasteiger charge is -2.03. The first-order valence-electron chi connectivity index (χ1n) is 4.79. The van der Waals surface area contributed by atoms with Gasteiger partial charge in [-0.1, -0.05) is 24.3 Å². The maximum Gasteiger partial charge on any atom is 0.273 e. The van der Waals surface area contributed by atoms with Crippen molar-refractivity contribution in [1.82, 2.24) is 5.32 Å². The summed E-state index contributed by atoms with van der Waals surface area (Å²) in [4.78, 5) is 10.3. The van der Waals surface area contributed by atoms with Gasteiger partial charge in [0, 0.05) is 18.2 Å². The number of nitrogens with one attached hydrogen (secondary N) is 1. The number of hydrogen-bond acceptors (Lipinski definition) is 3. The molecule has 1 N–H and O–H groups in total. The Hall–Kier alpha value is -1.68. The molecule has 4 nitrogen and oxygen atoms in total. The van der Waals surface area contributed by atoms with Gasteiger partial charge in [0.2, 0.25) is 0 Å². The Morgan fingerprint density at radius 3 is 2.87 bits per heavy atom. The fourth-order valence-electron chi connectivity index (χ4n) is 1.27. The molecule has 0 unspecified atom stereocenters. The van der Waals surface area contributed by atoms with E-state index in [0.29, 0.717) is 12.1 Å². The van der Waals surface area contributed by atoms with Crippen molar-refractivity contribution < 1.29 is 4.92 Å². The van der Waals surface area contributed by atoms with Crippen LogP contribution in [0.5, 0.6) is 0 Å². The monoisotopic (exact) mass is 206 g/mol. The Labute approximate surface area is 88.8 Å². The Morgan fingerprint density at radius 1 is 1.47 bits per heavy atom. The van der Waals surface area contributed by atoms with Crippen LogP contribution in [0.1, 0.15) is 12.0 Å². The Morgan fingerprint density at radius 2 is 2.20 bits per heavy atom. The smallest absolute Gasteiger partial charge is 0.273 e. The van der Waals surface area contributed by atoms with Gasteiger partial charge in [0.25, 0.3) is 5.69 Å². The highest BCUT2D eigenvalue weighted by Gasteiger charge is 2.10. The molecule has 80 valence electrons. The fourth-order valence-corrected chi connectivity index (χ4v) is 1.27. The van der Waals surface area contributed by atoms with E-state index in [4.69, 9.17) is 0 Å². The van der Waals surface area contributed by atoms with E-state index in [1.54, 1.807) is 18.2 Å². The van der Waals surface area contributed by atoms with Crippen molar-refractivity contribution in [3.63, 3.8) is 0 Å². The van der Waals surface area contributed by atoms with Gasteiger partial charge < -0.3 is 5.32 Å². The molecule has 0 saturated carbocycles. The summed E-state index contributed by atoms with van der Waals surface area (Å²) in [5, 5.41) is 13.8. The molecule has 0 heterocycles. The third-order valence-corrected chi connectivity index (χ3v) is 2.03. The highest BCUT2D eigenvalue weighted by Crippen LogP contribution is 2.16. The summed E-state index contributed by atoms with van der Waals surface area (Å²) in [5.41, 5.74) is 0.884. The third-order valence-electron chi connectivity index (χ3n) is 2.03. The minimum absolute atomic E-state index is 0.170. The van der Waals surface area contributed by atoms with Crippen LogP contribution in [0.4, 0.5) is 5.69 Å². The quantitative estimate of drug-likeness (QED) is 0.336. The maximum absolute atomic E-state index is 10.7. The number of hydrogen-bond donors (Lipinski definition) is 1. The normalized spacial score (nSPS) is 9.87. The predicted octanol–water partition coefficient (Wildman–Crippen LogP) is 2.26. The summed E-state index contributed by atoms with van der Waals surface area (Å²) in [5.74, 6) is 0. The van der Waals surface area contributed by atoms with Crippen LogP contribution in [0, 0.1) is 10.1 Å². The number of nitro benzene ring substituents is 1. The largest absolute Gasteiger partial charge is 0.312 e. The topological polar surface area (TPSA) is 55.2 Å². The second kappa shape index (κ2) is 5.93. The molecule has 0 amide bonds. The van der Waals surface area contributed by atoms with Gasteiger partial charge in [-0.2, -0.15) is 0 Å². The maximum atomic E-state index is 10.7. The Balaban J connectivity index is 2.59. The molecule has 0 aromatic heterocycles. The summed E-state index contributed by atoms with van der Waals surface area (Å²) in [6.07, 6.45) is 2.67. The van der Waals surface area contributed by atoms with E-state index in [9.17, 15) is 10.1 Å². The summed E-state index contributed by atoms with van der Waals surface area (Å²) >= 11 is 0. The number of benzene rings is 1. The third kappa shape index (κ3) is 3.52. The molecule has 4 heteroatoms. The molecule has 0 aliphatic carbocycles. The molecule has 0 saturated heterocycles. The minimum Gasteiger partial charge on any atom is -0.312 e. The molecule has 0 bridgehead atoms. The van der Waals surface area contributed by atoms with Crippen molar-refractivity contribution in [3.05, 3.63) is 52.6 Å². The average Bonchev–Trinajstić information content (AvgIpc) is 2.25.